The highest BCUT2D eigenvalue weighted by molar-refractivity contribution is 6.30. The number of rotatable bonds is 12. The van der Waals surface area contributed by atoms with Crippen LogP contribution in [0.3, 0.4) is 0 Å². The van der Waals surface area contributed by atoms with Gasteiger partial charge in [0, 0.05) is 50.0 Å². The number of aliphatic imine (C=N–C) groups is 1. The van der Waals surface area contributed by atoms with Gasteiger partial charge in [-0.05, 0) is 54.7 Å². The van der Waals surface area contributed by atoms with Gasteiger partial charge in [0.25, 0.3) is 5.91 Å². The van der Waals surface area contributed by atoms with E-state index in [1.165, 1.54) is 4.90 Å². The molecule has 2 aromatic rings. The van der Waals surface area contributed by atoms with Gasteiger partial charge < -0.3 is 5.11 Å². The molecule has 1 aromatic heterocycles. The molecule has 0 aliphatic carbocycles. The van der Waals surface area contributed by atoms with E-state index in [0.29, 0.717) is 62.7 Å². The molecule has 0 saturated carbocycles. The Morgan fingerprint density at radius 1 is 1.03 bits per heavy atom. The summed E-state index contributed by atoms with van der Waals surface area (Å²) in [7, 11) is 0. The summed E-state index contributed by atoms with van der Waals surface area (Å²) in [6.07, 6.45) is 5.69. The van der Waals surface area contributed by atoms with Crippen LogP contribution in [0.4, 0.5) is 4.79 Å². The van der Waals surface area contributed by atoms with Crippen molar-refractivity contribution in [2.24, 2.45) is 4.99 Å². The first kappa shape index (κ1) is 28.0. The number of carbonyl (C=O) groups is 2. The number of amides is 3. The van der Waals surface area contributed by atoms with Gasteiger partial charge >= 0.3 is 6.03 Å². The predicted octanol–water partition coefficient (Wildman–Crippen LogP) is 3.61. The maximum absolute atomic E-state index is 14.1. The minimum atomic E-state index is -1.06. The number of fused-ring (bicyclic) bond motifs is 1. The zero-order valence-electron chi connectivity index (χ0n) is 22.4. The Hall–Kier alpha value is -3.01. The Bertz CT molecular complexity index is 1150. The molecule has 1 fully saturated rings. The number of aromatic nitrogens is 1. The molecule has 1 N–H and O–H groups in total. The van der Waals surface area contributed by atoms with Crippen LogP contribution in [0.15, 0.2) is 53.8 Å². The summed E-state index contributed by atoms with van der Waals surface area (Å²) in [4.78, 5) is 40.5. The maximum atomic E-state index is 14.1. The van der Waals surface area contributed by atoms with Crippen LogP contribution in [0.25, 0.3) is 0 Å². The van der Waals surface area contributed by atoms with E-state index in [1.807, 2.05) is 67.2 Å². The van der Waals surface area contributed by atoms with Crippen LogP contribution < -0.4 is 0 Å². The molecule has 10 heteroatoms. The topological polar surface area (TPSA) is 92.6 Å². The van der Waals surface area contributed by atoms with E-state index in [-0.39, 0.29) is 18.5 Å². The summed E-state index contributed by atoms with van der Waals surface area (Å²) in [5, 5.41) is 14.4. The van der Waals surface area contributed by atoms with Gasteiger partial charge in [0.2, 0.25) is 0 Å². The van der Waals surface area contributed by atoms with Crippen molar-refractivity contribution in [3.63, 3.8) is 0 Å². The lowest BCUT2D eigenvalue weighted by Gasteiger charge is -2.51. The summed E-state index contributed by atoms with van der Waals surface area (Å²) in [6.45, 7) is 7.54. The van der Waals surface area contributed by atoms with Crippen molar-refractivity contribution in [3.05, 3.63) is 64.9 Å². The first-order chi connectivity index (χ1) is 18.4. The van der Waals surface area contributed by atoms with Crippen LogP contribution in [-0.2, 0) is 17.6 Å². The number of carbonyl (C=O) groups excluding carboxylic acids is 2. The van der Waals surface area contributed by atoms with Crippen molar-refractivity contribution in [1.29, 1.82) is 0 Å². The van der Waals surface area contributed by atoms with Crippen LogP contribution in [0.2, 0.25) is 5.02 Å². The van der Waals surface area contributed by atoms with Crippen molar-refractivity contribution in [1.82, 2.24) is 24.8 Å². The zero-order valence-corrected chi connectivity index (χ0v) is 23.1. The van der Waals surface area contributed by atoms with E-state index < -0.39 is 11.7 Å². The molecule has 4 rings (SSSR count). The highest BCUT2D eigenvalue weighted by Gasteiger charge is 2.62. The Morgan fingerprint density at radius 2 is 1.74 bits per heavy atom. The van der Waals surface area contributed by atoms with E-state index in [4.69, 9.17) is 16.6 Å². The van der Waals surface area contributed by atoms with Gasteiger partial charge in [-0.2, -0.15) is 0 Å². The second kappa shape index (κ2) is 12.2. The predicted molar refractivity (Wildman–Crippen MR) is 148 cm³/mol. The fraction of sp³-hybridized carbons (Fsp3) is 0.500. The van der Waals surface area contributed by atoms with Crippen LogP contribution in [0.1, 0.15) is 44.7 Å². The molecule has 0 bridgehead atoms. The van der Waals surface area contributed by atoms with Gasteiger partial charge in [-0.1, -0.05) is 44.5 Å². The van der Waals surface area contributed by atoms with Crippen molar-refractivity contribution >= 4 is 29.4 Å². The minimum absolute atomic E-state index is 0.0647. The van der Waals surface area contributed by atoms with Crippen LogP contribution >= 0.6 is 11.6 Å². The molecule has 0 spiro atoms. The van der Waals surface area contributed by atoms with Gasteiger partial charge in [0.05, 0.1) is 6.61 Å². The maximum Gasteiger partial charge on any atom is 0.328 e. The Balaban J connectivity index is 1.80. The van der Waals surface area contributed by atoms with Gasteiger partial charge in [-0.25, -0.2) is 14.8 Å². The molecular weight excluding hydrogens is 504 g/mol. The number of halogens is 1. The molecule has 0 radical (unpaired) electrons. The molecule has 3 heterocycles. The van der Waals surface area contributed by atoms with Crippen molar-refractivity contribution < 1.29 is 14.7 Å². The first-order valence-corrected chi connectivity index (χ1v) is 13.8. The van der Waals surface area contributed by atoms with E-state index >= 15 is 0 Å². The summed E-state index contributed by atoms with van der Waals surface area (Å²) < 4.78 is 0. The molecule has 3 amide bonds. The lowest BCUT2D eigenvalue weighted by Crippen LogP contribution is -2.74. The Morgan fingerprint density at radius 3 is 2.34 bits per heavy atom. The summed E-state index contributed by atoms with van der Waals surface area (Å²) in [6, 6.07) is 10.4. The summed E-state index contributed by atoms with van der Waals surface area (Å²) in [5.41, 5.74) is 0.997. The molecule has 9 nitrogen and oxygen atoms in total. The van der Waals surface area contributed by atoms with Crippen molar-refractivity contribution in [2.45, 2.75) is 58.2 Å². The van der Waals surface area contributed by atoms with Gasteiger partial charge in [-0.15, -0.1) is 0 Å². The molecule has 2 aliphatic rings. The number of imide groups is 1. The van der Waals surface area contributed by atoms with E-state index in [9.17, 15) is 14.7 Å². The highest BCUT2D eigenvalue weighted by atomic mass is 35.5. The second-order valence-electron chi connectivity index (χ2n) is 9.61. The van der Waals surface area contributed by atoms with Gasteiger partial charge in [-0.3, -0.25) is 24.6 Å². The van der Waals surface area contributed by atoms with Gasteiger partial charge in [0.15, 0.2) is 11.7 Å². The smallest absolute Gasteiger partial charge is 0.328 e. The standard InChI is InChI=1S/C28H37ClN6O3/c1-4-16-33-26(37)25-28(5-2,34(27(33)38)17-13-21-7-9-23(29)10-8-21)31-24(20-22-11-14-30-15-12-22)35(25)32(6-3)18-19-36/h7-12,14-15,25,36H,4-6,13,16-20H2,1-3H3. The number of hydrogen-bond acceptors (Lipinski definition) is 7. The fourth-order valence-corrected chi connectivity index (χ4v) is 5.61. The third-order valence-electron chi connectivity index (χ3n) is 7.34. The van der Waals surface area contributed by atoms with Crippen LogP contribution in [0, 0.1) is 0 Å². The number of aliphatic hydroxyl groups excluding tert-OH is 1. The van der Waals surface area contributed by atoms with Crippen molar-refractivity contribution in [2.75, 3.05) is 32.8 Å². The van der Waals surface area contributed by atoms with E-state index in [0.717, 1.165) is 11.1 Å². The lowest BCUT2D eigenvalue weighted by molar-refractivity contribution is -0.151. The molecule has 38 heavy (non-hydrogen) atoms. The Kier molecular flexibility index (Phi) is 9.02. The number of aliphatic hydroxyl groups is 1. The quantitative estimate of drug-likeness (QED) is 0.442. The van der Waals surface area contributed by atoms with Crippen LogP contribution in [-0.4, -0.2) is 92.2 Å². The average molecular weight is 541 g/mol. The molecule has 1 aromatic carbocycles. The highest BCUT2D eigenvalue weighted by Crippen LogP contribution is 2.41. The number of likely N-dealkylation sites (N-methyl/N-ethyl adjacent to an activating group) is 1. The third-order valence-corrected chi connectivity index (χ3v) is 7.60. The molecule has 1 saturated heterocycles. The molecule has 2 atom stereocenters. The second-order valence-corrected chi connectivity index (χ2v) is 10.0. The number of nitrogens with zero attached hydrogens (tertiary/aromatic N) is 6. The number of benzene rings is 1. The van der Waals surface area contributed by atoms with Gasteiger partial charge in [0.1, 0.15) is 5.84 Å². The minimum Gasteiger partial charge on any atom is -0.395 e. The normalized spacial score (nSPS) is 21.4. The largest absolute Gasteiger partial charge is 0.395 e. The van der Waals surface area contributed by atoms with E-state index in [2.05, 4.69) is 4.98 Å². The van der Waals surface area contributed by atoms with E-state index in [1.54, 1.807) is 17.3 Å². The zero-order chi connectivity index (χ0) is 27.3. The first-order valence-electron chi connectivity index (χ1n) is 13.4. The molecule has 204 valence electrons. The number of amidine groups is 1. The summed E-state index contributed by atoms with van der Waals surface area (Å²) >= 11 is 6.08. The molecule has 2 aliphatic heterocycles. The van der Waals surface area contributed by atoms with Crippen LogP contribution in [0.5, 0.6) is 0 Å². The number of hydrogen-bond donors (Lipinski definition) is 1. The molecule has 2 unspecified atom stereocenters. The Labute approximate surface area is 229 Å². The summed E-state index contributed by atoms with van der Waals surface area (Å²) in [5.74, 6) is 0.459. The number of urea groups is 1. The van der Waals surface area contributed by atoms with Crippen molar-refractivity contribution in [3.8, 4) is 0 Å². The average Bonchev–Trinajstić information content (AvgIpc) is 3.26. The number of hydrazine groups is 1. The monoisotopic (exact) mass is 540 g/mol. The SMILES string of the molecule is CCCN1C(=O)C2N(N(CC)CCO)C(Cc3ccncc3)=NC2(CC)N(CCc2ccc(Cl)cc2)C1=O. The molecular formula is C28H37ClN6O3. The fourth-order valence-electron chi connectivity index (χ4n) is 5.48. The lowest BCUT2D eigenvalue weighted by atomic mass is 9.91. The number of pyridine rings is 1. The third kappa shape index (κ3) is 5.28.